The van der Waals surface area contributed by atoms with Crippen molar-refractivity contribution >= 4 is 39.3 Å². The predicted octanol–water partition coefficient (Wildman–Crippen LogP) is 3.18. The summed E-state index contributed by atoms with van der Waals surface area (Å²) in [5.41, 5.74) is 1.29. The summed E-state index contributed by atoms with van der Waals surface area (Å²) in [6.45, 7) is 1.58. The molecule has 0 heterocycles. The van der Waals surface area contributed by atoms with Crippen LogP contribution in [0.1, 0.15) is 33.2 Å². The Morgan fingerprint density at radius 3 is 2.59 bits per heavy atom. The van der Waals surface area contributed by atoms with Gasteiger partial charge in [0.2, 0.25) is 0 Å². The molecule has 5 heteroatoms. The maximum absolute atomic E-state index is 11.9. The zero-order valence-corrected chi connectivity index (χ0v) is 11.8. The normalized spacial score (nSPS) is 12.0. The van der Waals surface area contributed by atoms with Gasteiger partial charge in [0, 0.05) is 10.9 Å². The first-order valence-corrected chi connectivity index (χ1v) is 6.53. The Balaban J connectivity index is 3.39. The van der Waals surface area contributed by atoms with E-state index in [0.717, 1.165) is 0 Å². The zero-order valence-electron chi connectivity index (χ0n) is 9.50. The van der Waals surface area contributed by atoms with Gasteiger partial charge in [-0.2, -0.15) is 0 Å². The van der Waals surface area contributed by atoms with E-state index in [4.69, 9.17) is 16.3 Å². The lowest BCUT2D eigenvalue weighted by atomic mass is 9.97. The molecule has 0 aliphatic rings. The Hall–Kier alpha value is -0.870. The standard InChI is InChI=1S/C12H12BrClO3/c1-7(14)11(15)9-5-3-4-8(6-13)10(9)12(16)17-2/h3-5,7H,6H2,1-2H3. The van der Waals surface area contributed by atoms with E-state index in [2.05, 4.69) is 15.9 Å². The second kappa shape index (κ2) is 6.17. The van der Waals surface area contributed by atoms with Gasteiger partial charge in [-0.05, 0) is 12.5 Å². The minimum absolute atomic E-state index is 0.282. The lowest BCUT2D eigenvalue weighted by molar-refractivity contribution is 0.0596. The highest BCUT2D eigenvalue weighted by Crippen LogP contribution is 2.21. The third-order valence-electron chi connectivity index (χ3n) is 2.31. The molecule has 1 aromatic carbocycles. The number of hydrogen-bond donors (Lipinski definition) is 0. The summed E-state index contributed by atoms with van der Waals surface area (Å²) in [5, 5.41) is -0.209. The summed E-state index contributed by atoms with van der Waals surface area (Å²) in [5.74, 6) is -0.810. The Kier molecular flexibility index (Phi) is 5.15. The van der Waals surface area contributed by atoms with Crippen molar-refractivity contribution in [1.29, 1.82) is 0 Å². The average molecular weight is 320 g/mol. The molecular weight excluding hydrogens is 307 g/mol. The lowest BCUT2D eigenvalue weighted by Gasteiger charge is -2.11. The molecular formula is C12H12BrClO3. The van der Waals surface area contributed by atoms with E-state index in [-0.39, 0.29) is 11.3 Å². The lowest BCUT2D eigenvalue weighted by Crippen LogP contribution is -2.18. The number of alkyl halides is 2. The van der Waals surface area contributed by atoms with Crippen LogP contribution in [0.4, 0.5) is 0 Å². The van der Waals surface area contributed by atoms with Crippen LogP contribution in [0.3, 0.4) is 0 Å². The number of rotatable bonds is 4. The van der Waals surface area contributed by atoms with E-state index in [1.165, 1.54) is 7.11 Å². The van der Waals surface area contributed by atoms with Gasteiger partial charge in [-0.25, -0.2) is 4.79 Å². The summed E-state index contributed by atoms with van der Waals surface area (Å²) in [6.07, 6.45) is 0. The molecule has 3 nitrogen and oxygen atoms in total. The molecule has 0 radical (unpaired) electrons. The van der Waals surface area contributed by atoms with Gasteiger partial charge in [-0.3, -0.25) is 4.79 Å². The molecule has 17 heavy (non-hydrogen) atoms. The number of Topliss-reactive ketones (excluding diaryl/α,β-unsaturated/α-hetero) is 1. The van der Waals surface area contributed by atoms with E-state index in [0.29, 0.717) is 16.5 Å². The fourth-order valence-electron chi connectivity index (χ4n) is 1.47. The third kappa shape index (κ3) is 3.07. The Morgan fingerprint density at radius 2 is 2.12 bits per heavy atom. The molecule has 1 aromatic rings. The highest BCUT2D eigenvalue weighted by Gasteiger charge is 2.23. The maximum atomic E-state index is 11.9. The first-order chi connectivity index (χ1) is 8.02. The summed E-state index contributed by atoms with van der Waals surface area (Å²) >= 11 is 9.04. The van der Waals surface area contributed by atoms with Gasteiger partial charge in [0.25, 0.3) is 0 Å². The largest absolute Gasteiger partial charge is 0.465 e. The number of benzene rings is 1. The maximum Gasteiger partial charge on any atom is 0.338 e. The topological polar surface area (TPSA) is 43.4 Å². The van der Waals surface area contributed by atoms with E-state index in [1.54, 1.807) is 25.1 Å². The first-order valence-electron chi connectivity index (χ1n) is 4.97. The van der Waals surface area contributed by atoms with Gasteiger partial charge < -0.3 is 4.74 Å². The van der Waals surface area contributed by atoms with E-state index in [9.17, 15) is 9.59 Å². The third-order valence-corrected chi connectivity index (χ3v) is 3.11. The van der Waals surface area contributed by atoms with Crippen LogP contribution >= 0.6 is 27.5 Å². The van der Waals surface area contributed by atoms with Crippen molar-refractivity contribution in [2.75, 3.05) is 7.11 Å². The van der Waals surface area contributed by atoms with Crippen LogP contribution in [-0.4, -0.2) is 24.2 Å². The second-order valence-electron chi connectivity index (χ2n) is 3.45. The zero-order chi connectivity index (χ0) is 13.0. The predicted molar refractivity (Wildman–Crippen MR) is 70.1 cm³/mol. The molecule has 1 atom stereocenters. The van der Waals surface area contributed by atoms with E-state index in [1.807, 2.05) is 0 Å². The van der Waals surface area contributed by atoms with Gasteiger partial charge in [0.15, 0.2) is 5.78 Å². The van der Waals surface area contributed by atoms with E-state index >= 15 is 0 Å². The number of ether oxygens (including phenoxy) is 1. The van der Waals surface area contributed by atoms with Gasteiger partial charge in [0.1, 0.15) is 0 Å². The summed E-state index contributed by atoms with van der Waals surface area (Å²) in [4.78, 5) is 23.6. The van der Waals surface area contributed by atoms with Gasteiger partial charge in [-0.1, -0.05) is 34.1 Å². The molecule has 0 saturated heterocycles. The van der Waals surface area contributed by atoms with E-state index < -0.39 is 11.3 Å². The van der Waals surface area contributed by atoms with Crippen LogP contribution < -0.4 is 0 Å². The molecule has 0 fully saturated rings. The molecule has 1 rings (SSSR count). The SMILES string of the molecule is COC(=O)c1c(CBr)cccc1C(=O)C(C)Cl. The summed E-state index contributed by atoms with van der Waals surface area (Å²) in [7, 11) is 1.28. The minimum atomic E-state index is -0.677. The number of hydrogen-bond acceptors (Lipinski definition) is 3. The number of carbonyl (C=O) groups is 2. The smallest absolute Gasteiger partial charge is 0.338 e. The average Bonchev–Trinajstić information content (AvgIpc) is 2.35. The minimum Gasteiger partial charge on any atom is -0.465 e. The summed E-state index contributed by atoms with van der Waals surface area (Å²) < 4.78 is 4.69. The van der Waals surface area contributed by atoms with Crippen molar-refractivity contribution in [3.05, 3.63) is 34.9 Å². The number of halogens is 2. The molecule has 0 saturated carbocycles. The highest BCUT2D eigenvalue weighted by atomic mass is 79.9. The van der Waals surface area contributed by atoms with Crippen LogP contribution in [0.25, 0.3) is 0 Å². The fourth-order valence-corrected chi connectivity index (χ4v) is 2.06. The van der Waals surface area contributed by atoms with Crippen LogP contribution in [0.15, 0.2) is 18.2 Å². The van der Waals surface area contributed by atoms with Gasteiger partial charge >= 0.3 is 5.97 Å². The fraction of sp³-hybridized carbons (Fsp3) is 0.333. The molecule has 0 spiro atoms. The van der Waals surface area contributed by atoms with Crippen molar-refractivity contribution < 1.29 is 14.3 Å². The second-order valence-corrected chi connectivity index (χ2v) is 4.66. The molecule has 92 valence electrons. The molecule has 0 bridgehead atoms. The van der Waals surface area contributed by atoms with Crippen molar-refractivity contribution in [3.8, 4) is 0 Å². The van der Waals surface area contributed by atoms with Crippen molar-refractivity contribution in [1.82, 2.24) is 0 Å². The Labute approximate surface area is 113 Å². The Morgan fingerprint density at radius 1 is 1.47 bits per heavy atom. The first kappa shape index (κ1) is 14.2. The number of carbonyl (C=O) groups excluding carboxylic acids is 2. The Bertz CT molecular complexity index is 443. The number of esters is 1. The monoisotopic (exact) mass is 318 g/mol. The van der Waals surface area contributed by atoms with Crippen molar-refractivity contribution in [2.45, 2.75) is 17.6 Å². The van der Waals surface area contributed by atoms with Crippen LogP contribution in [0.5, 0.6) is 0 Å². The van der Waals surface area contributed by atoms with Crippen LogP contribution in [-0.2, 0) is 10.1 Å². The van der Waals surface area contributed by atoms with Gasteiger partial charge in [-0.15, -0.1) is 11.6 Å². The summed E-state index contributed by atoms with van der Waals surface area (Å²) in [6, 6.07) is 5.06. The molecule has 0 N–H and O–H groups in total. The van der Waals surface area contributed by atoms with Crippen molar-refractivity contribution in [3.63, 3.8) is 0 Å². The number of methoxy groups -OCH3 is 1. The quantitative estimate of drug-likeness (QED) is 0.486. The van der Waals surface area contributed by atoms with Crippen LogP contribution in [0, 0.1) is 0 Å². The van der Waals surface area contributed by atoms with Crippen LogP contribution in [0.2, 0.25) is 0 Å². The molecule has 0 amide bonds. The molecule has 0 aromatic heterocycles. The number of ketones is 1. The molecule has 0 aliphatic heterocycles. The molecule has 1 unspecified atom stereocenters. The van der Waals surface area contributed by atoms with Crippen molar-refractivity contribution in [2.24, 2.45) is 0 Å². The molecule has 0 aliphatic carbocycles. The highest BCUT2D eigenvalue weighted by molar-refractivity contribution is 9.08. The van der Waals surface area contributed by atoms with Gasteiger partial charge in [0.05, 0.1) is 18.1 Å².